The Kier molecular flexibility index (Phi) is 7.56. The number of nitrogens with one attached hydrogen (secondary N) is 1. The second kappa shape index (κ2) is 9.20. The van der Waals surface area contributed by atoms with Crippen molar-refractivity contribution in [3.8, 4) is 11.8 Å². The molecule has 1 amide bonds. The molecule has 0 bridgehead atoms. The third-order valence-electron chi connectivity index (χ3n) is 3.28. The van der Waals surface area contributed by atoms with E-state index in [1.807, 2.05) is 25.1 Å². The van der Waals surface area contributed by atoms with Gasteiger partial charge in [0, 0.05) is 24.1 Å². The van der Waals surface area contributed by atoms with Crippen LogP contribution in [0.2, 0.25) is 0 Å². The van der Waals surface area contributed by atoms with Crippen LogP contribution >= 0.6 is 0 Å². The zero-order chi connectivity index (χ0) is 15.7. The molecular weight excluding hydrogens is 262 g/mol. The van der Waals surface area contributed by atoms with Gasteiger partial charge in [0.15, 0.2) is 0 Å². The van der Waals surface area contributed by atoms with Gasteiger partial charge in [0.25, 0.3) is 5.91 Å². The fourth-order valence-corrected chi connectivity index (χ4v) is 2.04. The van der Waals surface area contributed by atoms with Gasteiger partial charge in [0.1, 0.15) is 0 Å². The Morgan fingerprint density at radius 2 is 2.14 bits per heavy atom. The minimum Gasteiger partial charge on any atom is -0.395 e. The van der Waals surface area contributed by atoms with E-state index in [4.69, 9.17) is 5.11 Å². The van der Waals surface area contributed by atoms with Crippen molar-refractivity contribution in [2.75, 3.05) is 13.2 Å². The van der Waals surface area contributed by atoms with Gasteiger partial charge in [0.2, 0.25) is 0 Å². The smallest absolute Gasteiger partial charge is 0.251 e. The number of rotatable bonds is 6. The molecule has 0 unspecified atom stereocenters. The average Bonchev–Trinajstić information content (AvgIpc) is 2.45. The fourth-order valence-electron chi connectivity index (χ4n) is 2.04. The molecule has 0 aliphatic rings. The summed E-state index contributed by atoms with van der Waals surface area (Å²) in [6.45, 7) is 7.03. The number of hydrogen-bond acceptors (Lipinski definition) is 2. The molecule has 0 radical (unpaired) electrons. The van der Waals surface area contributed by atoms with Crippen molar-refractivity contribution in [3.63, 3.8) is 0 Å². The molecule has 21 heavy (non-hydrogen) atoms. The molecule has 0 aliphatic heterocycles. The summed E-state index contributed by atoms with van der Waals surface area (Å²) in [6.07, 6.45) is 2.56. The van der Waals surface area contributed by atoms with Crippen LogP contribution < -0.4 is 5.32 Å². The molecule has 2 N–H and O–H groups in total. The first-order valence-corrected chi connectivity index (χ1v) is 7.53. The predicted octanol–water partition coefficient (Wildman–Crippen LogP) is 2.89. The fraction of sp³-hybridized carbons (Fsp3) is 0.500. The molecule has 1 rings (SSSR count). The average molecular weight is 287 g/mol. The lowest BCUT2D eigenvalue weighted by atomic mass is 10.0. The highest BCUT2D eigenvalue weighted by Crippen LogP contribution is 2.13. The van der Waals surface area contributed by atoms with E-state index in [0.717, 1.165) is 24.0 Å². The molecule has 0 saturated carbocycles. The van der Waals surface area contributed by atoms with Crippen LogP contribution in [0.5, 0.6) is 0 Å². The third-order valence-corrected chi connectivity index (χ3v) is 3.28. The third kappa shape index (κ3) is 6.01. The lowest BCUT2D eigenvalue weighted by molar-refractivity contribution is 0.0952. The quantitative estimate of drug-likeness (QED) is 0.624. The highest BCUT2D eigenvalue weighted by molar-refractivity contribution is 5.96. The molecule has 0 aliphatic carbocycles. The summed E-state index contributed by atoms with van der Waals surface area (Å²) in [5.74, 6) is 6.51. The molecule has 0 atom stereocenters. The van der Waals surface area contributed by atoms with Crippen LogP contribution in [0.25, 0.3) is 0 Å². The first-order chi connectivity index (χ1) is 10.1. The topological polar surface area (TPSA) is 49.3 Å². The maximum absolute atomic E-state index is 12.2. The Morgan fingerprint density at radius 3 is 2.81 bits per heavy atom. The van der Waals surface area contributed by atoms with E-state index in [2.05, 4.69) is 31.0 Å². The molecule has 0 spiro atoms. The van der Waals surface area contributed by atoms with Gasteiger partial charge >= 0.3 is 0 Å². The lowest BCUT2D eigenvalue weighted by Crippen LogP contribution is -2.25. The van der Waals surface area contributed by atoms with Gasteiger partial charge in [-0.2, -0.15) is 0 Å². The Morgan fingerprint density at radius 1 is 1.38 bits per heavy atom. The summed E-state index contributed by atoms with van der Waals surface area (Å²) in [4.78, 5) is 12.2. The number of carbonyl (C=O) groups is 1. The van der Waals surface area contributed by atoms with E-state index in [-0.39, 0.29) is 12.5 Å². The van der Waals surface area contributed by atoms with E-state index in [1.54, 1.807) is 0 Å². The number of hydrogen-bond donors (Lipinski definition) is 2. The van der Waals surface area contributed by atoms with Crippen LogP contribution in [-0.2, 0) is 0 Å². The molecule has 1 aromatic carbocycles. The maximum atomic E-state index is 12.2. The minimum atomic E-state index is -0.0398. The van der Waals surface area contributed by atoms with Crippen molar-refractivity contribution in [1.82, 2.24) is 5.32 Å². The van der Waals surface area contributed by atoms with Crippen molar-refractivity contribution >= 4 is 5.91 Å². The Bertz CT molecular complexity index is 524. The zero-order valence-electron chi connectivity index (χ0n) is 13.2. The van der Waals surface area contributed by atoms with Gasteiger partial charge in [-0.25, -0.2) is 0 Å². The van der Waals surface area contributed by atoms with Crippen LogP contribution in [0.3, 0.4) is 0 Å². The molecule has 0 aromatic heterocycles. The molecular formula is C18H25NO2. The van der Waals surface area contributed by atoms with Crippen molar-refractivity contribution in [1.29, 1.82) is 0 Å². The Hall–Kier alpha value is -1.79. The first kappa shape index (κ1) is 17.3. The summed E-state index contributed by atoms with van der Waals surface area (Å²) >= 11 is 0. The number of aliphatic hydroxyl groups excluding tert-OH is 1. The van der Waals surface area contributed by atoms with Crippen molar-refractivity contribution < 1.29 is 9.90 Å². The monoisotopic (exact) mass is 287 g/mol. The molecule has 3 heteroatoms. The van der Waals surface area contributed by atoms with Crippen LogP contribution in [0.15, 0.2) is 18.2 Å². The number of carbonyl (C=O) groups excluding carboxylic acids is 1. The predicted molar refractivity (Wildman–Crippen MR) is 86.2 cm³/mol. The highest BCUT2D eigenvalue weighted by Gasteiger charge is 2.10. The van der Waals surface area contributed by atoms with Crippen molar-refractivity contribution in [3.05, 3.63) is 34.9 Å². The van der Waals surface area contributed by atoms with E-state index in [1.165, 1.54) is 0 Å². The second-order valence-corrected chi connectivity index (χ2v) is 5.55. The largest absolute Gasteiger partial charge is 0.395 e. The highest BCUT2D eigenvalue weighted by atomic mass is 16.2. The SMILES string of the molecule is Cc1c(C#CCCO)cccc1C(=O)NCCCC(C)C. The minimum absolute atomic E-state index is 0.0398. The van der Waals surface area contributed by atoms with Crippen LogP contribution in [-0.4, -0.2) is 24.2 Å². The van der Waals surface area contributed by atoms with Crippen LogP contribution in [0.4, 0.5) is 0 Å². The zero-order valence-corrected chi connectivity index (χ0v) is 13.2. The van der Waals surface area contributed by atoms with E-state index in [0.29, 0.717) is 24.4 Å². The van der Waals surface area contributed by atoms with Gasteiger partial charge in [-0.1, -0.05) is 31.8 Å². The molecule has 0 saturated heterocycles. The molecule has 1 aromatic rings. The van der Waals surface area contributed by atoms with Gasteiger partial charge in [-0.05, 0) is 43.4 Å². The van der Waals surface area contributed by atoms with Gasteiger partial charge in [-0.3, -0.25) is 4.79 Å². The number of amides is 1. The van der Waals surface area contributed by atoms with Crippen molar-refractivity contribution in [2.24, 2.45) is 5.92 Å². The Balaban J connectivity index is 2.68. The van der Waals surface area contributed by atoms with Crippen LogP contribution in [0.1, 0.15) is 54.6 Å². The maximum Gasteiger partial charge on any atom is 0.251 e. The van der Waals surface area contributed by atoms with Gasteiger partial charge in [0.05, 0.1) is 6.61 Å². The lowest BCUT2D eigenvalue weighted by Gasteiger charge is -2.10. The standard InChI is InChI=1S/C18H25NO2/c1-14(2)8-7-12-19-18(21)17-11-6-10-16(15(17)3)9-4-5-13-20/h6,10-11,14,20H,5,7-8,12-13H2,1-3H3,(H,19,21). The number of benzene rings is 1. The van der Waals surface area contributed by atoms with Crippen molar-refractivity contribution in [2.45, 2.75) is 40.0 Å². The molecule has 3 nitrogen and oxygen atoms in total. The van der Waals surface area contributed by atoms with E-state index in [9.17, 15) is 4.79 Å². The van der Waals surface area contributed by atoms with E-state index < -0.39 is 0 Å². The summed E-state index contributed by atoms with van der Waals surface area (Å²) in [7, 11) is 0. The molecule has 0 heterocycles. The normalized spacial score (nSPS) is 10.1. The Labute approximate surface area is 127 Å². The summed E-state index contributed by atoms with van der Waals surface area (Å²) in [5, 5.41) is 11.7. The number of aliphatic hydroxyl groups is 1. The van der Waals surface area contributed by atoms with Crippen LogP contribution in [0, 0.1) is 24.7 Å². The molecule has 114 valence electrons. The van der Waals surface area contributed by atoms with E-state index >= 15 is 0 Å². The molecule has 0 fully saturated rings. The first-order valence-electron chi connectivity index (χ1n) is 7.53. The summed E-state index contributed by atoms with van der Waals surface area (Å²) in [6, 6.07) is 5.57. The van der Waals surface area contributed by atoms with Gasteiger partial charge < -0.3 is 10.4 Å². The van der Waals surface area contributed by atoms with Gasteiger partial charge in [-0.15, -0.1) is 0 Å². The summed E-state index contributed by atoms with van der Waals surface area (Å²) < 4.78 is 0. The second-order valence-electron chi connectivity index (χ2n) is 5.55. The summed E-state index contributed by atoms with van der Waals surface area (Å²) in [5.41, 5.74) is 2.41.